The van der Waals surface area contributed by atoms with Crippen molar-refractivity contribution in [1.82, 2.24) is 5.32 Å². The molecule has 0 bridgehead atoms. The Labute approximate surface area is 193 Å². The highest BCUT2D eigenvalue weighted by molar-refractivity contribution is 6.02. The van der Waals surface area contributed by atoms with Gasteiger partial charge in [0.25, 0.3) is 5.91 Å². The summed E-state index contributed by atoms with van der Waals surface area (Å²) < 4.78 is 5.39. The van der Waals surface area contributed by atoms with E-state index in [0.717, 1.165) is 48.5 Å². The van der Waals surface area contributed by atoms with Gasteiger partial charge in [-0.3, -0.25) is 9.59 Å². The Bertz CT molecular complexity index is 1000. The van der Waals surface area contributed by atoms with Crippen molar-refractivity contribution < 1.29 is 19.4 Å². The molecule has 1 atom stereocenters. The third-order valence-corrected chi connectivity index (χ3v) is 5.64. The molecular weight excluding hydrogens is 422 g/mol. The van der Waals surface area contributed by atoms with Crippen molar-refractivity contribution in [1.29, 1.82) is 0 Å². The van der Waals surface area contributed by atoms with Gasteiger partial charge in [0.2, 0.25) is 0 Å². The zero-order chi connectivity index (χ0) is 23.8. The molecule has 0 aliphatic carbocycles. The van der Waals surface area contributed by atoms with Crippen molar-refractivity contribution in [2.45, 2.75) is 38.3 Å². The van der Waals surface area contributed by atoms with Gasteiger partial charge in [-0.25, -0.2) is 0 Å². The number of hydrogen-bond acceptors (Lipinski definition) is 5. The molecule has 1 fully saturated rings. The Balaban J connectivity index is 1.64. The van der Waals surface area contributed by atoms with Gasteiger partial charge >= 0.3 is 5.97 Å². The van der Waals surface area contributed by atoms with E-state index in [9.17, 15) is 9.59 Å². The number of ether oxygens (including phenoxy) is 1. The van der Waals surface area contributed by atoms with Crippen LogP contribution >= 0.6 is 0 Å². The summed E-state index contributed by atoms with van der Waals surface area (Å²) in [6, 6.07) is 11.4. The summed E-state index contributed by atoms with van der Waals surface area (Å²) in [6.45, 7) is 2.41. The Hall–Kier alpha value is -3.59. The van der Waals surface area contributed by atoms with E-state index in [0.29, 0.717) is 12.1 Å². The summed E-state index contributed by atoms with van der Waals surface area (Å²) in [7, 11) is 1.65. The van der Waals surface area contributed by atoms with Crippen LogP contribution in [0.25, 0.3) is 0 Å². The van der Waals surface area contributed by atoms with Crippen molar-refractivity contribution in [3.63, 3.8) is 0 Å². The molecule has 9 nitrogen and oxygen atoms in total. The van der Waals surface area contributed by atoms with Crippen molar-refractivity contribution in [3.05, 3.63) is 59.2 Å². The Morgan fingerprint density at radius 3 is 2.48 bits per heavy atom. The second-order valence-corrected chi connectivity index (χ2v) is 8.04. The molecule has 2 aromatic rings. The molecule has 1 aliphatic rings. The lowest BCUT2D eigenvalue weighted by Gasteiger charge is -2.31. The van der Waals surface area contributed by atoms with Crippen LogP contribution in [0.5, 0.6) is 5.75 Å². The molecule has 6 N–H and O–H groups in total. The predicted molar refractivity (Wildman–Crippen MR) is 128 cm³/mol. The fourth-order valence-corrected chi connectivity index (χ4v) is 3.77. The number of carbonyl (C=O) groups is 2. The molecule has 0 saturated carbocycles. The van der Waals surface area contributed by atoms with Crippen LogP contribution in [0.2, 0.25) is 0 Å². The Morgan fingerprint density at radius 2 is 1.85 bits per heavy atom. The number of hydrogen-bond donors (Lipinski definition) is 4. The molecule has 2 aromatic carbocycles. The fraction of sp³-hybridized carbons (Fsp3) is 0.375. The number of rotatable bonds is 8. The summed E-state index contributed by atoms with van der Waals surface area (Å²) >= 11 is 0. The number of carboxylic acids is 1. The van der Waals surface area contributed by atoms with Gasteiger partial charge in [-0.15, -0.1) is 0 Å². The molecule has 0 radical (unpaired) electrons. The van der Waals surface area contributed by atoms with Crippen LogP contribution in [0, 0.1) is 0 Å². The summed E-state index contributed by atoms with van der Waals surface area (Å²) in [6.07, 6.45) is 3.73. The van der Waals surface area contributed by atoms with Gasteiger partial charge in [-0.05, 0) is 55.0 Å². The maximum Gasteiger partial charge on any atom is 0.320 e. The minimum atomic E-state index is -1.07. The van der Waals surface area contributed by atoms with E-state index in [4.69, 9.17) is 21.3 Å². The summed E-state index contributed by atoms with van der Waals surface area (Å²) in [5.41, 5.74) is 14.7. The molecule has 0 spiro atoms. The van der Waals surface area contributed by atoms with Gasteiger partial charge in [0.05, 0.1) is 7.11 Å². The first kappa shape index (κ1) is 24.1. The number of aliphatic carboxylic acids is 1. The number of piperidine rings is 1. The molecule has 0 unspecified atom stereocenters. The summed E-state index contributed by atoms with van der Waals surface area (Å²) in [4.78, 5) is 29.6. The summed E-state index contributed by atoms with van der Waals surface area (Å²) in [5.74, 6) is -0.736. The highest BCUT2D eigenvalue weighted by atomic mass is 16.5. The van der Waals surface area contributed by atoms with E-state index in [-0.39, 0.29) is 12.4 Å². The first-order chi connectivity index (χ1) is 15.9. The van der Waals surface area contributed by atoms with Crippen LogP contribution in [0.4, 0.5) is 5.69 Å². The highest BCUT2D eigenvalue weighted by Crippen LogP contribution is 2.28. The molecule has 1 heterocycles. The van der Waals surface area contributed by atoms with Crippen molar-refractivity contribution in [2.75, 3.05) is 25.1 Å². The molecular formula is C24H31N5O4. The highest BCUT2D eigenvalue weighted by Gasteiger charge is 2.16. The van der Waals surface area contributed by atoms with Crippen molar-refractivity contribution >= 4 is 23.5 Å². The number of anilines is 1. The van der Waals surface area contributed by atoms with E-state index >= 15 is 0 Å². The molecule has 1 amide bonds. The smallest absolute Gasteiger partial charge is 0.320 e. The van der Waals surface area contributed by atoms with Crippen LogP contribution in [-0.4, -0.2) is 49.2 Å². The van der Waals surface area contributed by atoms with Crippen molar-refractivity contribution in [2.24, 2.45) is 16.5 Å². The zero-order valence-electron chi connectivity index (χ0n) is 18.8. The number of nitrogens with two attached hydrogens (primary N) is 2. The Morgan fingerprint density at radius 1 is 1.15 bits per heavy atom. The van der Waals surface area contributed by atoms with Gasteiger partial charge < -0.3 is 31.5 Å². The minimum absolute atomic E-state index is 0.0254. The predicted octanol–water partition coefficient (Wildman–Crippen LogP) is 1.88. The van der Waals surface area contributed by atoms with Crippen LogP contribution in [0.1, 0.15) is 40.7 Å². The van der Waals surface area contributed by atoms with E-state index in [1.165, 1.54) is 6.42 Å². The van der Waals surface area contributed by atoms with Crippen LogP contribution in [0.3, 0.4) is 0 Å². The number of carbonyl (C=O) groups excluding carboxylic acids is 1. The van der Waals surface area contributed by atoms with Crippen LogP contribution in [0.15, 0.2) is 47.5 Å². The first-order valence-electron chi connectivity index (χ1n) is 11.0. The van der Waals surface area contributed by atoms with Crippen LogP contribution < -0.4 is 26.4 Å². The number of carboxylic acid groups (broad SMARTS) is 1. The van der Waals surface area contributed by atoms with Crippen LogP contribution in [-0.2, 0) is 17.8 Å². The lowest BCUT2D eigenvalue weighted by molar-refractivity contribution is -0.138. The lowest BCUT2D eigenvalue weighted by Crippen LogP contribution is -2.34. The number of guanidine groups is 1. The van der Waals surface area contributed by atoms with Gasteiger partial charge in [-0.2, -0.15) is 4.99 Å². The fourth-order valence-electron chi connectivity index (χ4n) is 3.77. The lowest BCUT2D eigenvalue weighted by atomic mass is 10.0. The SMILES string of the molecule is COc1ccc(CN/C(N)=N/C(=O)c2ccc(C[C@H](N)C(=O)O)cc2)c(N2CCCCC2)c1. The second kappa shape index (κ2) is 11.3. The van der Waals surface area contributed by atoms with E-state index in [2.05, 4.69) is 15.2 Å². The quantitative estimate of drug-likeness (QED) is 0.350. The maximum atomic E-state index is 12.5. The first-order valence-corrected chi connectivity index (χ1v) is 11.0. The molecule has 3 rings (SSSR count). The molecule has 9 heteroatoms. The minimum Gasteiger partial charge on any atom is -0.497 e. The summed E-state index contributed by atoms with van der Waals surface area (Å²) in [5, 5.41) is 11.9. The average molecular weight is 454 g/mol. The number of aliphatic imine (C=N–C) groups is 1. The van der Waals surface area contributed by atoms with Gasteiger partial charge in [0, 0.05) is 37.0 Å². The molecule has 33 heavy (non-hydrogen) atoms. The molecule has 0 aromatic heterocycles. The van der Waals surface area contributed by atoms with E-state index in [1.807, 2.05) is 18.2 Å². The van der Waals surface area contributed by atoms with Gasteiger partial charge in [-0.1, -0.05) is 18.2 Å². The average Bonchev–Trinajstić information content (AvgIpc) is 2.83. The standard InChI is InChI=1S/C24H31N5O4/c1-33-19-10-9-18(21(14-19)29-11-3-2-4-12-29)15-27-24(26)28-22(30)17-7-5-16(6-8-17)13-20(25)23(31)32/h5-10,14,20H,2-4,11-13,15,25H2,1H3,(H,31,32)(H3,26,27,28,30)/t20-/m0/s1. The molecule has 176 valence electrons. The second-order valence-electron chi connectivity index (χ2n) is 8.04. The van der Waals surface area contributed by atoms with E-state index < -0.39 is 17.9 Å². The monoisotopic (exact) mass is 453 g/mol. The number of methoxy groups -OCH3 is 1. The molecule has 1 saturated heterocycles. The number of nitrogens with one attached hydrogen (secondary N) is 1. The normalized spacial score (nSPS) is 15.1. The van der Waals surface area contributed by atoms with Gasteiger partial charge in [0.1, 0.15) is 11.8 Å². The third kappa shape index (κ3) is 6.69. The topological polar surface area (TPSA) is 143 Å². The third-order valence-electron chi connectivity index (χ3n) is 5.64. The maximum absolute atomic E-state index is 12.5. The number of benzene rings is 2. The largest absolute Gasteiger partial charge is 0.497 e. The van der Waals surface area contributed by atoms with Crippen molar-refractivity contribution in [3.8, 4) is 5.75 Å². The van der Waals surface area contributed by atoms with E-state index in [1.54, 1.807) is 31.4 Å². The number of amides is 1. The Kier molecular flexibility index (Phi) is 8.26. The molecule has 1 aliphatic heterocycles. The van der Waals surface area contributed by atoms with Gasteiger partial charge in [0.15, 0.2) is 5.96 Å². The number of nitrogens with zero attached hydrogens (tertiary/aromatic N) is 2. The zero-order valence-corrected chi connectivity index (χ0v) is 18.8.